The summed E-state index contributed by atoms with van der Waals surface area (Å²) in [7, 11) is 1.62. The van der Waals surface area contributed by atoms with E-state index in [-0.39, 0.29) is 11.8 Å². The zero-order valence-corrected chi connectivity index (χ0v) is 14.1. The van der Waals surface area contributed by atoms with Crippen molar-refractivity contribution in [1.82, 2.24) is 4.98 Å². The number of benzene rings is 1. The summed E-state index contributed by atoms with van der Waals surface area (Å²) in [5.74, 6) is 1.39. The van der Waals surface area contributed by atoms with E-state index in [1.54, 1.807) is 18.3 Å². The Balaban J connectivity index is 1.99. The highest BCUT2D eigenvalue weighted by atomic mass is 32.1. The van der Waals surface area contributed by atoms with Crippen molar-refractivity contribution in [3.05, 3.63) is 42.4 Å². The Kier molecular flexibility index (Phi) is 4.34. The molecule has 2 heterocycles. The summed E-state index contributed by atoms with van der Waals surface area (Å²) in [4.78, 5) is 18.9. The number of hydrogen-bond donors (Lipinski definition) is 0. The zero-order valence-electron chi connectivity index (χ0n) is 13.3. The summed E-state index contributed by atoms with van der Waals surface area (Å²) in [6, 6.07) is 9.40. The lowest BCUT2D eigenvalue weighted by atomic mass is 10.2. The monoisotopic (exact) mass is 330 g/mol. The van der Waals surface area contributed by atoms with E-state index in [0.717, 1.165) is 21.7 Å². The molecule has 0 radical (unpaired) electrons. The van der Waals surface area contributed by atoms with E-state index < -0.39 is 0 Å². The van der Waals surface area contributed by atoms with Crippen molar-refractivity contribution in [2.45, 2.75) is 20.4 Å². The van der Waals surface area contributed by atoms with Crippen LogP contribution in [0.4, 0.5) is 5.13 Å². The molecule has 5 nitrogen and oxygen atoms in total. The van der Waals surface area contributed by atoms with Gasteiger partial charge in [-0.25, -0.2) is 4.98 Å². The van der Waals surface area contributed by atoms with Gasteiger partial charge in [0, 0.05) is 12.0 Å². The lowest BCUT2D eigenvalue weighted by Gasteiger charge is -2.20. The third kappa shape index (κ3) is 3.22. The minimum Gasteiger partial charge on any atom is -0.497 e. The number of nitrogens with zero attached hydrogens (tertiary/aromatic N) is 2. The normalized spacial score (nSPS) is 11.1. The van der Waals surface area contributed by atoms with Crippen LogP contribution in [0.3, 0.4) is 0 Å². The fourth-order valence-electron chi connectivity index (χ4n) is 2.25. The second-order valence-electron chi connectivity index (χ2n) is 5.49. The van der Waals surface area contributed by atoms with Crippen molar-refractivity contribution in [3.63, 3.8) is 0 Å². The number of carbonyl (C=O) groups is 1. The van der Waals surface area contributed by atoms with E-state index >= 15 is 0 Å². The first-order valence-corrected chi connectivity index (χ1v) is 8.18. The summed E-state index contributed by atoms with van der Waals surface area (Å²) < 4.78 is 11.6. The summed E-state index contributed by atoms with van der Waals surface area (Å²) in [5, 5.41) is 0.670. The highest BCUT2D eigenvalue weighted by Crippen LogP contribution is 2.32. The SMILES string of the molecule is COc1ccc2sc(N(Cc3ccco3)C(=O)C(C)C)nc2c1. The molecule has 6 heteroatoms. The number of thiazole rings is 1. The van der Waals surface area contributed by atoms with Crippen molar-refractivity contribution in [3.8, 4) is 5.75 Å². The van der Waals surface area contributed by atoms with Crippen molar-refractivity contribution >= 4 is 32.6 Å². The first-order chi connectivity index (χ1) is 11.1. The van der Waals surface area contributed by atoms with Gasteiger partial charge >= 0.3 is 0 Å². The van der Waals surface area contributed by atoms with Crippen LogP contribution < -0.4 is 9.64 Å². The number of carbonyl (C=O) groups excluding carboxylic acids is 1. The number of methoxy groups -OCH3 is 1. The lowest BCUT2D eigenvalue weighted by Crippen LogP contribution is -2.33. The summed E-state index contributed by atoms with van der Waals surface area (Å²) in [6.07, 6.45) is 1.61. The molecule has 0 atom stereocenters. The average Bonchev–Trinajstić information content (AvgIpc) is 3.19. The molecule has 0 N–H and O–H groups in total. The molecule has 1 amide bonds. The fourth-order valence-corrected chi connectivity index (χ4v) is 3.20. The molecule has 0 saturated heterocycles. The molecule has 1 aromatic carbocycles. The Morgan fingerprint density at radius 2 is 2.22 bits per heavy atom. The summed E-state index contributed by atoms with van der Waals surface area (Å²) in [5.41, 5.74) is 0.824. The highest BCUT2D eigenvalue weighted by molar-refractivity contribution is 7.22. The van der Waals surface area contributed by atoms with Gasteiger partial charge in [0.2, 0.25) is 5.91 Å². The van der Waals surface area contributed by atoms with Crippen LogP contribution in [-0.4, -0.2) is 18.0 Å². The molecule has 23 heavy (non-hydrogen) atoms. The maximum atomic E-state index is 12.6. The molecule has 0 saturated carbocycles. The maximum Gasteiger partial charge on any atom is 0.231 e. The third-order valence-corrected chi connectivity index (χ3v) is 4.53. The van der Waals surface area contributed by atoms with Gasteiger partial charge in [-0.1, -0.05) is 25.2 Å². The van der Waals surface area contributed by atoms with Crippen molar-refractivity contribution < 1.29 is 13.9 Å². The molecule has 120 valence electrons. The standard InChI is InChI=1S/C17H18N2O3S/c1-11(2)16(20)19(10-13-5-4-8-22-13)17-18-14-9-12(21-3)6-7-15(14)23-17/h4-9,11H,10H2,1-3H3. The Morgan fingerprint density at radius 1 is 1.39 bits per heavy atom. The molecule has 0 fully saturated rings. The molecule has 0 spiro atoms. The van der Waals surface area contributed by atoms with Gasteiger partial charge < -0.3 is 9.15 Å². The molecule has 3 rings (SSSR count). The van der Waals surface area contributed by atoms with Gasteiger partial charge in [0.15, 0.2) is 5.13 Å². The van der Waals surface area contributed by atoms with Gasteiger partial charge in [-0.3, -0.25) is 9.69 Å². The van der Waals surface area contributed by atoms with E-state index in [1.165, 1.54) is 11.3 Å². The van der Waals surface area contributed by atoms with Crippen molar-refractivity contribution in [2.24, 2.45) is 5.92 Å². The highest BCUT2D eigenvalue weighted by Gasteiger charge is 2.23. The van der Waals surface area contributed by atoms with Crippen LogP contribution in [-0.2, 0) is 11.3 Å². The average molecular weight is 330 g/mol. The largest absolute Gasteiger partial charge is 0.497 e. The molecule has 0 unspecified atom stereocenters. The van der Waals surface area contributed by atoms with Gasteiger partial charge in [0.05, 0.1) is 30.1 Å². The van der Waals surface area contributed by atoms with Gasteiger partial charge in [0.25, 0.3) is 0 Å². The van der Waals surface area contributed by atoms with Gasteiger partial charge in [-0.05, 0) is 24.3 Å². The predicted octanol–water partition coefficient (Wildman–Crippen LogP) is 4.09. The number of fused-ring (bicyclic) bond motifs is 1. The molecule has 0 bridgehead atoms. The van der Waals surface area contributed by atoms with Crippen LogP contribution >= 0.6 is 11.3 Å². The van der Waals surface area contributed by atoms with Crippen LogP contribution in [0.1, 0.15) is 19.6 Å². The van der Waals surface area contributed by atoms with E-state index in [0.29, 0.717) is 11.7 Å². The summed E-state index contributed by atoms with van der Waals surface area (Å²) in [6.45, 7) is 4.14. The molecular weight excluding hydrogens is 312 g/mol. The van der Waals surface area contributed by atoms with E-state index in [4.69, 9.17) is 9.15 Å². The number of rotatable bonds is 5. The minimum atomic E-state index is -0.119. The first-order valence-electron chi connectivity index (χ1n) is 7.37. The smallest absolute Gasteiger partial charge is 0.231 e. The Morgan fingerprint density at radius 3 is 2.87 bits per heavy atom. The summed E-state index contributed by atoms with van der Waals surface area (Å²) >= 11 is 1.49. The second-order valence-corrected chi connectivity index (χ2v) is 6.50. The maximum absolute atomic E-state index is 12.6. The topological polar surface area (TPSA) is 55.6 Å². The Hall–Kier alpha value is -2.34. The second kappa shape index (κ2) is 6.42. The van der Waals surface area contributed by atoms with Crippen LogP contribution in [0.5, 0.6) is 5.75 Å². The quantitative estimate of drug-likeness (QED) is 0.707. The van der Waals surface area contributed by atoms with Gasteiger partial charge in [0.1, 0.15) is 11.5 Å². The van der Waals surface area contributed by atoms with Crippen molar-refractivity contribution in [1.29, 1.82) is 0 Å². The van der Waals surface area contributed by atoms with Crippen LogP contribution in [0.2, 0.25) is 0 Å². The third-order valence-electron chi connectivity index (χ3n) is 3.47. The van der Waals surface area contributed by atoms with E-state index in [2.05, 4.69) is 4.98 Å². The van der Waals surface area contributed by atoms with Crippen LogP contribution in [0.15, 0.2) is 41.0 Å². The van der Waals surface area contributed by atoms with Gasteiger partial charge in [-0.2, -0.15) is 0 Å². The van der Waals surface area contributed by atoms with Gasteiger partial charge in [-0.15, -0.1) is 0 Å². The molecular formula is C17H18N2O3S. The zero-order chi connectivity index (χ0) is 16.4. The van der Waals surface area contributed by atoms with Crippen molar-refractivity contribution in [2.75, 3.05) is 12.0 Å². The number of aromatic nitrogens is 1. The number of amides is 1. The molecule has 0 aliphatic heterocycles. The number of hydrogen-bond acceptors (Lipinski definition) is 5. The lowest BCUT2D eigenvalue weighted by molar-refractivity contribution is -0.121. The number of ether oxygens (including phenoxy) is 1. The molecule has 0 aliphatic rings. The number of anilines is 1. The molecule has 2 aromatic heterocycles. The van der Waals surface area contributed by atoms with Crippen LogP contribution in [0.25, 0.3) is 10.2 Å². The molecule has 0 aliphatic carbocycles. The Labute approximate surface area is 138 Å². The first kappa shape index (κ1) is 15.6. The van der Waals surface area contributed by atoms with E-state index in [9.17, 15) is 4.79 Å². The Bertz CT molecular complexity index is 808. The predicted molar refractivity (Wildman–Crippen MR) is 90.9 cm³/mol. The number of furan rings is 1. The van der Waals surface area contributed by atoms with Crippen LogP contribution in [0, 0.1) is 5.92 Å². The fraction of sp³-hybridized carbons (Fsp3) is 0.294. The van der Waals surface area contributed by atoms with E-state index in [1.807, 2.05) is 44.2 Å². The minimum absolute atomic E-state index is 0.0208. The molecule has 3 aromatic rings.